The molecule has 0 saturated heterocycles. The lowest BCUT2D eigenvalue weighted by atomic mass is 10.1. The van der Waals surface area contributed by atoms with Crippen LogP contribution in [-0.2, 0) is 6.42 Å². The first-order valence-corrected chi connectivity index (χ1v) is 9.02. The third kappa shape index (κ3) is 4.25. The lowest BCUT2D eigenvalue weighted by molar-refractivity contribution is 0.459. The number of pyridine rings is 1. The van der Waals surface area contributed by atoms with Crippen molar-refractivity contribution in [1.29, 1.82) is 5.26 Å². The zero-order chi connectivity index (χ0) is 20.1. The molecular weight excluding hydrogens is 366 g/mol. The molecule has 0 aliphatic heterocycles. The summed E-state index contributed by atoms with van der Waals surface area (Å²) < 4.78 is 5.82. The summed E-state index contributed by atoms with van der Waals surface area (Å²) in [6.45, 7) is 2.67. The highest BCUT2D eigenvalue weighted by Gasteiger charge is 2.07. The minimum absolute atomic E-state index is 0.401. The molecule has 0 amide bonds. The van der Waals surface area contributed by atoms with Crippen LogP contribution in [0.1, 0.15) is 16.7 Å². The van der Waals surface area contributed by atoms with Gasteiger partial charge >= 0.3 is 0 Å². The van der Waals surface area contributed by atoms with Gasteiger partial charge in [0.15, 0.2) is 11.5 Å². The van der Waals surface area contributed by atoms with Crippen molar-refractivity contribution in [2.75, 3.05) is 11.9 Å². The largest absolute Gasteiger partial charge is 0.439 e. The van der Waals surface area contributed by atoms with Crippen molar-refractivity contribution in [1.82, 2.24) is 24.9 Å². The second-order valence-corrected chi connectivity index (χ2v) is 6.32. The topological polar surface area (TPSA) is 110 Å². The Balaban J connectivity index is 1.41. The molecule has 4 aromatic rings. The van der Waals surface area contributed by atoms with E-state index >= 15 is 0 Å². The van der Waals surface area contributed by atoms with E-state index in [1.807, 2.05) is 19.1 Å². The standard InChI is InChI=1S/C21H17N7O/c1-14-10-15(2-3-17(14)29-18-11-16(12-22)5-6-23-18)4-7-25-20-19-21(28-13-27-20)26-9-8-24-19/h2-3,5-6,8-11,13H,4,7H2,1H3,(H,25,26,27,28). The van der Waals surface area contributed by atoms with Crippen LogP contribution in [0, 0.1) is 18.3 Å². The molecule has 3 aromatic heterocycles. The normalized spacial score (nSPS) is 10.5. The molecule has 0 radical (unpaired) electrons. The molecule has 0 atom stereocenters. The van der Waals surface area contributed by atoms with Crippen molar-refractivity contribution < 1.29 is 4.74 Å². The number of hydrogen-bond acceptors (Lipinski definition) is 8. The highest BCUT2D eigenvalue weighted by molar-refractivity contribution is 5.81. The van der Waals surface area contributed by atoms with Gasteiger partial charge in [0.2, 0.25) is 5.88 Å². The lowest BCUT2D eigenvalue weighted by Crippen LogP contribution is -2.08. The number of nitrogens with one attached hydrogen (secondary N) is 1. The van der Waals surface area contributed by atoms with Gasteiger partial charge in [-0.2, -0.15) is 5.26 Å². The van der Waals surface area contributed by atoms with Gasteiger partial charge in [-0.3, -0.25) is 0 Å². The minimum Gasteiger partial charge on any atom is -0.439 e. The number of anilines is 1. The van der Waals surface area contributed by atoms with Crippen LogP contribution in [0.15, 0.2) is 55.2 Å². The van der Waals surface area contributed by atoms with Crippen LogP contribution in [0.4, 0.5) is 5.82 Å². The van der Waals surface area contributed by atoms with Crippen molar-refractivity contribution in [2.45, 2.75) is 13.3 Å². The van der Waals surface area contributed by atoms with Gasteiger partial charge in [-0.25, -0.2) is 24.9 Å². The Labute approximate surface area is 167 Å². The zero-order valence-corrected chi connectivity index (χ0v) is 15.7. The van der Waals surface area contributed by atoms with Crippen molar-refractivity contribution in [2.24, 2.45) is 0 Å². The molecule has 0 unspecified atom stereocenters. The molecule has 1 N–H and O–H groups in total. The molecular formula is C21H17N7O. The van der Waals surface area contributed by atoms with Gasteiger partial charge < -0.3 is 10.1 Å². The first kappa shape index (κ1) is 18.3. The van der Waals surface area contributed by atoms with Crippen LogP contribution in [0.5, 0.6) is 11.6 Å². The van der Waals surface area contributed by atoms with Gasteiger partial charge in [0.25, 0.3) is 0 Å². The molecule has 0 saturated carbocycles. The van der Waals surface area contributed by atoms with Crippen molar-refractivity contribution in [3.8, 4) is 17.7 Å². The summed E-state index contributed by atoms with van der Waals surface area (Å²) in [7, 11) is 0. The molecule has 3 heterocycles. The summed E-state index contributed by atoms with van der Waals surface area (Å²) in [5.41, 5.74) is 3.88. The Morgan fingerprint density at radius 2 is 1.90 bits per heavy atom. The van der Waals surface area contributed by atoms with Crippen LogP contribution in [-0.4, -0.2) is 31.5 Å². The molecule has 0 aliphatic carbocycles. The van der Waals surface area contributed by atoms with Crippen LogP contribution in [0.25, 0.3) is 11.2 Å². The monoisotopic (exact) mass is 383 g/mol. The van der Waals surface area contributed by atoms with Crippen molar-refractivity contribution in [3.05, 3.63) is 71.9 Å². The van der Waals surface area contributed by atoms with Crippen LogP contribution >= 0.6 is 0 Å². The Hall–Kier alpha value is -4.12. The summed E-state index contributed by atoms with van der Waals surface area (Å²) >= 11 is 0. The quantitative estimate of drug-likeness (QED) is 0.539. The molecule has 0 spiro atoms. The number of fused-ring (bicyclic) bond motifs is 1. The Morgan fingerprint density at radius 1 is 1.00 bits per heavy atom. The van der Waals surface area contributed by atoms with E-state index in [-0.39, 0.29) is 0 Å². The fourth-order valence-corrected chi connectivity index (χ4v) is 2.88. The number of rotatable bonds is 6. The van der Waals surface area contributed by atoms with E-state index in [9.17, 15) is 0 Å². The number of ether oxygens (including phenoxy) is 1. The molecule has 29 heavy (non-hydrogen) atoms. The van der Waals surface area contributed by atoms with Gasteiger partial charge in [-0.1, -0.05) is 12.1 Å². The van der Waals surface area contributed by atoms with Crippen molar-refractivity contribution in [3.63, 3.8) is 0 Å². The third-order valence-corrected chi connectivity index (χ3v) is 4.29. The van der Waals surface area contributed by atoms with Crippen LogP contribution in [0.3, 0.4) is 0 Å². The first-order chi connectivity index (χ1) is 14.2. The van der Waals surface area contributed by atoms with E-state index < -0.39 is 0 Å². The minimum atomic E-state index is 0.401. The molecule has 142 valence electrons. The summed E-state index contributed by atoms with van der Waals surface area (Å²) in [5, 5.41) is 12.3. The molecule has 1 aromatic carbocycles. The summed E-state index contributed by atoms with van der Waals surface area (Å²) in [4.78, 5) is 21.0. The predicted molar refractivity (Wildman–Crippen MR) is 108 cm³/mol. The zero-order valence-electron chi connectivity index (χ0n) is 15.7. The van der Waals surface area contributed by atoms with E-state index in [1.54, 1.807) is 30.7 Å². The van der Waals surface area contributed by atoms with Crippen LogP contribution < -0.4 is 10.1 Å². The molecule has 8 heteroatoms. The Morgan fingerprint density at radius 3 is 2.76 bits per heavy atom. The number of benzene rings is 1. The SMILES string of the molecule is Cc1cc(CCNc2ncnc3nccnc23)ccc1Oc1cc(C#N)ccn1. The highest BCUT2D eigenvalue weighted by atomic mass is 16.5. The fourth-order valence-electron chi connectivity index (χ4n) is 2.88. The number of hydrogen-bond donors (Lipinski definition) is 1. The van der Waals surface area contributed by atoms with E-state index in [2.05, 4.69) is 42.4 Å². The molecule has 0 fully saturated rings. The van der Waals surface area contributed by atoms with Crippen molar-refractivity contribution >= 4 is 17.0 Å². The average molecular weight is 383 g/mol. The molecule has 4 rings (SSSR count). The summed E-state index contributed by atoms with van der Waals surface area (Å²) in [6, 6.07) is 11.3. The third-order valence-electron chi connectivity index (χ3n) is 4.29. The van der Waals surface area contributed by atoms with E-state index in [1.165, 1.54) is 6.33 Å². The molecule has 8 nitrogen and oxygen atoms in total. The average Bonchev–Trinajstić information content (AvgIpc) is 2.76. The number of aryl methyl sites for hydroxylation is 1. The second kappa shape index (κ2) is 8.27. The first-order valence-electron chi connectivity index (χ1n) is 9.02. The van der Waals surface area contributed by atoms with Gasteiger partial charge in [0.05, 0.1) is 11.6 Å². The number of nitriles is 1. The predicted octanol–water partition coefficient (Wildman–Crippen LogP) is 3.44. The maximum absolute atomic E-state index is 8.99. The molecule has 0 bridgehead atoms. The highest BCUT2D eigenvalue weighted by Crippen LogP contribution is 2.25. The number of aromatic nitrogens is 5. The fraction of sp³-hybridized carbons (Fsp3) is 0.143. The Bertz CT molecular complexity index is 1200. The maximum atomic E-state index is 8.99. The van der Waals surface area contributed by atoms with E-state index in [0.717, 1.165) is 17.5 Å². The van der Waals surface area contributed by atoms with Gasteiger partial charge in [0, 0.05) is 31.2 Å². The second-order valence-electron chi connectivity index (χ2n) is 6.32. The van der Waals surface area contributed by atoms with Gasteiger partial charge in [-0.05, 0) is 36.6 Å². The van der Waals surface area contributed by atoms with E-state index in [4.69, 9.17) is 10.00 Å². The summed E-state index contributed by atoms with van der Waals surface area (Å²) in [5.74, 6) is 1.78. The lowest BCUT2D eigenvalue weighted by Gasteiger charge is -2.11. The maximum Gasteiger partial charge on any atom is 0.220 e. The van der Waals surface area contributed by atoms with E-state index in [0.29, 0.717) is 40.7 Å². The Kier molecular flexibility index (Phi) is 5.21. The number of nitrogens with zero attached hydrogens (tertiary/aromatic N) is 6. The smallest absolute Gasteiger partial charge is 0.220 e. The summed E-state index contributed by atoms with van der Waals surface area (Å²) in [6.07, 6.45) is 7.07. The van der Waals surface area contributed by atoms with Crippen LogP contribution in [0.2, 0.25) is 0 Å². The van der Waals surface area contributed by atoms with Gasteiger partial charge in [0.1, 0.15) is 17.6 Å². The molecule has 0 aliphatic rings. The van der Waals surface area contributed by atoms with Gasteiger partial charge in [-0.15, -0.1) is 0 Å².